The molecule has 4 aliphatic carbocycles. The van der Waals surface area contributed by atoms with Gasteiger partial charge in [0.15, 0.2) is 0 Å². The smallest absolute Gasteiger partial charge is 0.0577 e. The van der Waals surface area contributed by atoms with E-state index >= 15 is 0 Å². The van der Waals surface area contributed by atoms with Gasteiger partial charge >= 0.3 is 0 Å². The summed E-state index contributed by atoms with van der Waals surface area (Å²) in [5.41, 5.74) is 2.43. The lowest BCUT2D eigenvalue weighted by Crippen LogP contribution is -2.53. The molecule has 0 amide bonds. The summed E-state index contributed by atoms with van der Waals surface area (Å²) in [6, 6.07) is 5.10. The third-order valence-corrected chi connectivity index (χ3v) is 10.1. The van der Waals surface area contributed by atoms with Gasteiger partial charge in [-0.05, 0) is 91.4 Å². The van der Waals surface area contributed by atoms with Crippen molar-refractivity contribution in [1.29, 1.82) is 0 Å². The van der Waals surface area contributed by atoms with Gasteiger partial charge in [-0.15, -0.1) is 11.3 Å². The van der Waals surface area contributed by atoms with Gasteiger partial charge in [-0.25, -0.2) is 0 Å². The quantitative estimate of drug-likeness (QED) is 0.671. The fourth-order valence-electron chi connectivity index (χ4n) is 7.61. The predicted molar refractivity (Wildman–Crippen MR) is 113 cm³/mol. The lowest BCUT2D eigenvalue weighted by atomic mass is 9.48. The van der Waals surface area contributed by atoms with Gasteiger partial charge in [0.2, 0.25) is 0 Å². The highest BCUT2D eigenvalue weighted by Gasteiger charge is 2.58. The summed E-state index contributed by atoms with van der Waals surface area (Å²) < 4.78 is 0. The second kappa shape index (κ2) is 6.71. The topological polar surface area (TPSA) is 32.3 Å². The molecule has 3 fully saturated rings. The molecule has 2 N–H and O–H groups in total. The Hall–Kier alpha value is -0.640. The number of fused-ring (bicyclic) bond motifs is 5. The van der Waals surface area contributed by atoms with E-state index in [-0.39, 0.29) is 6.10 Å². The third kappa shape index (κ3) is 2.88. The van der Waals surface area contributed by atoms with Gasteiger partial charge in [0, 0.05) is 17.5 Å². The molecule has 0 radical (unpaired) electrons. The van der Waals surface area contributed by atoms with Crippen molar-refractivity contribution in [2.75, 3.05) is 0 Å². The van der Waals surface area contributed by atoms with Crippen molar-refractivity contribution in [3.05, 3.63) is 34.0 Å². The van der Waals surface area contributed by atoms with Crippen LogP contribution >= 0.6 is 11.3 Å². The largest absolute Gasteiger partial charge is 0.393 e. The Morgan fingerprint density at radius 2 is 2.04 bits per heavy atom. The number of hydrogen-bond donors (Lipinski definition) is 2. The molecular formula is C24H35NOS. The van der Waals surface area contributed by atoms with Crippen molar-refractivity contribution < 1.29 is 5.11 Å². The third-order valence-electron chi connectivity index (χ3n) is 9.18. The zero-order chi connectivity index (χ0) is 18.6. The van der Waals surface area contributed by atoms with E-state index in [9.17, 15) is 5.11 Å². The van der Waals surface area contributed by atoms with Gasteiger partial charge < -0.3 is 10.4 Å². The molecule has 0 aliphatic heterocycles. The summed E-state index contributed by atoms with van der Waals surface area (Å²) in [6.45, 7) is 6.17. The molecule has 0 saturated heterocycles. The highest BCUT2D eigenvalue weighted by Crippen LogP contribution is 2.64. The summed E-state index contributed by atoms with van der Waals surface area (Å²) in [5, 5.41) is 16.3. The zero-order valence-corrected chi connectivity index (χ0v) is 17.7. The van der Waals surface area contributed by atoms with E-state index in [2.05, 4.69) is 42.8 Å². The minimum Gasteiger partial charge on any atom is -0.393 e. The normalized spacial score (nSPS) is 46.3. The Morgan fingerprint density at radius 1 is 1.15 bits per heavy atom. The molecule has 148 valence electrons. The fraction of sp³-hybridized carbons (Fsp3) is 0.750. The molecular weight excluding hydrogens is 350 g/mol. The van der Waals surface area contributed by atoms with Crippen molar-refractivity contribution in [3.63, 3.8) is 0 Å². The number of hydrogen-bond acceptors (Lipinski definition) is 3. The Balaban J connectivity index is 1.35. The van der Waals surface area contributed by atoms with Crippen molar-refractivity contribution in [2.24, 2.45) is 28.6 Å². The number of allylic oxidation sites excluding steroid dienone is 1. The van der Waals surface area contributed by atoms with Crippen LogP contribution in [0.4, 0.5) is 0 Å². The van der Waals surface area contributed by atoms with Crippen LogP contribution in [0.15, 0.2) is 29.2 Å². The number of nitrogens with one attached hydrogen (secondary N) is 1. The molecule has 0 bridgehead atoms. The van der Waals surface area contributed by atoms with Gasteiger partial charge in [0.1, 0.15) is 0 Å². The van der Waals surface area contributed by atoms with Crippen LogP contribution in [0.2, 0.25) is 0 Å². The monoisotopic (exact) mass is 385 g/mol. The van der Waals surface area contributed by atoms with Crippen LogP contribution in [0.3, 0.4) is 0 Å². The van der Waals surface area contributed by atoms with Crippen LogP contribution < -0.4 is 5.32 Å². The minimum atomic E-state index is -0.0907. The fourth-order valence-corrected chi connectivity index (χ4v) is 8.27. The highest BCUT2D eigenvalue weighted by molar-refractivity contribution is 7.09. The van der Waals surface area contributed by atoms with E-state index < -0.39 is 0 Å². The van der Waals surface area contributed by atoms with Crippen molar-refractivity contribution in [1.82, 2.24) is 5.32 Å². The first-order valence-corrected chi connectivity index (χ1v) is 12.0. The molecule has 2 nitrogen and oxygen atoms in total. The van der Waals surface area contributed by atoms with Crippen LogP contribution in [0.1, 0.15) is 70.1 Å². The molecule has 7 atom stereocenters. The van der Waals surface area contributed by atoms with E-state index in [1.807, 2.05) is 11.3 Å². The first kappa shape index (κ1) is 18.4. The maximum Gasteiger partial charge on any atom is 0.0577 e. The van der Waals surface area contributed by atoms with Crippen molar-refractivity contribution in [2.45, 2.75) is 83.9 Å². The Labute approximate surface area is 168 Å². The second-order valence-corrected chi connectivity index (χ2v) is 11.3. The zero-order valence-electron chi connectivity index (χ0n) is 16.9. The second-order valence-electron chi connectivity index (χ2n) is 10.3. The Bertz CT molecular complexity index is 712. The highest BCUT2D eigenvalue weighted by atomic mass is 32.1. The molecule has 0 aromatic carbocycles. The summed E-state index contributed by atoms with van der Waals surface area (Å²) in [4.78, 5) is 1.47. The summed E-state index contributed by atoms with van der Waals surface area (Å²) in [6.07, 6.45) is 12.4. The van der Waals surface area contributed by atoms with Gasteiger partial charge in [0.05, 0.1) is 6.10 Å². The molecule has 0 unspecified atom stereocenters. The maximum absolute atomic E-state index is 10.2. The Kier molecular flexibility index (Phi) is 4.57. The Morgan fingerprint density at radius 3 is 2.85 bits per heavy atom. The number of rotatable bonds is 3. The summed E-state index contributed by atoms with van der Waals surface area (Å²) in [7, 11) is 0. The number of aliphatic hydroxyl groups excluding tert-OH is 1. The average Bonchev–Trinajstić information content (AvgIpc) is 3.28. The molecule has 3 saturated carbocycles. The molecule has 1 aromatic heterocycles. The standard InChI is InChI=1S/C24H35NOS/c1-23-11-9-17(26)14-16(23)5-6-19-20-7-8-22(24(20,2)12-10-21(19)23)25-15-18-4-3-13-27-18/h3-5,13,17,19-22,25-26H,6-12,14-15H2,1-2H3/t17-,19-,20-,21-,22-,23-,24-/m0/s1. The van der Waals surface area contributed by atoms with E-state index in [0.717, 1.165) is 37.1 Å². The first-order chi connectivity index (χ1) is 13.0. The van der Waals surface area contributed by atoms with Crippen LogP contribution in [-0.4, -0.2) is 17.3 Å². The molecule has 27 heavy (non-hydrogen) atoms. The molecule has 0 spiro atoms. The van der Waals surface area contributed by atoms with Crippen LogP contribution in [0.25, 0.3) is 0 Å². The SMILES string of the molecule is C[C@]12CC[C@H]3[C@@H](CC=C4C[C@@H](O)CC[C@@]43C)[C@@H]1CC[C@@H]2NCc1cccs1. The lowest BCUT2D eigenvalue weighted by molar-refractivity contribution is -0.0434. The van der Waals surface area contributed by atoms with E-state index in [1.165, 1.54) is 43.4 Å². The minimum absolute atomic E-state index is 0.0907. The summed E-state index contributed by atoms with van der Waals surface area (Å²) in [5.74, 6) is 2.58. The molecule has 5 rings (SSSR count). The van der Waals surface area contributed by atoms with Crippen LogP contribution in [0.5, 0.6) is 0 Å². The van der Waals surface area contributed by atoms with Gasteiger partial charge in [0.25, 0.3) is 0 Å². The summed E-state index contributed by atoms with van der Waals surface area (Å²) >= 11 is 1.87. The molecule has 1 aromatic rings. The van der Waals surface area contributed by atoms with Gasteiger partial charge in [-0.1, -0.05) is 31.6 Å². The number of aliphatic hydroxyl groups is 1. The van der Waals surface area contributed by atoms with Crippen LogP contribution in [-0.2, 0) is 6.54 Å². The average molecular weight is 386 g/mol. The number of thiophene rings is 1. The van der Waals surface area contributed by atoms with Crippen molar-refractivity contribution in [3.8, 4) is 0 Å². The van der Waals surface area contributed by atoms with E-state index in [1.54, 1.807) is 5.57 Å². The maximum atomic E-state index is 10.2. The van der Waals surface area contributed by atoms with Gasteiger partial charge in [-0.3, -0.25) is 0 Å². The van der Waals surface area contributed by atoms with E-state index in [4.69, 9.17) is 0 Å². The van der Waals surface area contributed by atoms with Crippen LogP contribution in [0, 0.1) is 28.6 Å². The van der Waals surface area contributed by atoms with E-state index in [0.29, 0.717) is 16.9 Å². The molecule has 3 heteroatoms. The van der Waals surface area contributed by atoms with Crippen molar-refractivity contribution >= 4 is 11.3 Å². The van der Waals surface area contributed by atoms with Gasteiger partial charge in [-0.2, -0.15) is 0 Å². The molecule has 4 aliphatic rings. The predicted octanol–water partition coefficient (Wildman–Crippen LogP) is 5.53. The molecule has 1 heterocycles. The lowest BCUT2D eigenvalue weighted by Gasteiger charge is -2.58. The first-order valence-electron chi connectivity index (χ1n) is 11.1.